The van der Waals surface area contributed by atoms with Crippen LogP contribution in [-0.2, 0) is 7.05 Å². The van der Waals surface area contributed by atoms with Crippen molar-refractivity contribution in [3.8, 4) is 11.3 Å². The number of carboxylic acids is 1. The minimum absolute atomic E-state index is 0.0920. The highest BCUT2D eigenvalue weighted by molar-refractivity contribution is 6.33. The summed E-state index contributed by atoms with van der Waals surface area (Å²) in [7, 11) is 1.42. The van der Waals surface area contributed by atoms with Crippen molar-refractivity contribution >= 4 is 17.6 Å². The Morgan fingerprint density at radius 1 is 1.39 bits per heavy atom. The van der Waals surface area contributed by atoms with E-state index in [2.05, 4.69) is 5.10 Å². The lowest BCUT2D eigenvalue weighted by Crippen LogP contribution is -2.00. The molecule has 0 atom stereocenters. The van der Waals surface area contributed by atoms with E-state index in [1.165, 1.54) is 7.05 Å². The fourth-order valence-corrected chi connectivity index (χ4v) is 1.82. The van der Waals surface area contributed by atoms with Crippen molar-refractivity contribution < 1.29 is 18.7 Å². The van der Waals surface area contributed by atoms with Gasteiger partial charge in [0.15, 0.2) is 5.69 Å². The highest BCUT2D eigenvalue weighted by Crippen LogP contribution is 2.32. The van der Waals surface area contributed by atoms with Crippen molar-refractivity contribution in [1.82, 2.24) is 9.78 Å². The highest BCUT2D eigenvalue weighted by atomic mass is 35.5. The molecule has 2 rings (SSSR count). The second kappa shape index (κ2) is 4.38. The van der Waals surface area contributed by atoms with Gasteiger partial charge in [0.1, 0.15) is 11.6 Å². The second-order valence-electron chi connectivity index (χ2n) is 3.56. The number of rotatable bonds is 2. The molecule has 1 aromatic heterocycles. The number of halogens is 3. The Labute approximate surface area is 105 Å². The van der Waals surface area contributed by atoms with Crippen molar-refractivity contribution in [3.05, 3.63) is 40.6 Å². The minimum Gasteiger partial charge on any atom is -0.476 e. The quantitative estimate of drug-likeness (QED) is 0.855. The first-order chi connectivity index (χ1) is 8.41. The maximum Gasteiger partial charge on any atom is 0.356 e. The van der Waals surface area contributed by atoms with Crippen molar-refractivity contribution in [1.29, 1.82) is 0 Å². The lowest BCUT2D eigenvalue weighted by atomic mass is 10.1. The molecule has 18 heavy (non-hydrogen) atoms. The van der Waals surface area contributed by atoms with E-state index in [4.69, 9.17) is 16.7 Å². The molecule has 0 unspecified atom stereocenters. The third-order valence-electron chi connectivity index (χ3n) is 2.40. The minimum atomic E-state index is -1.26. The van der Waals surface area contributed by atoms with Gasteiger partial charge in [0.25, 0.3) is 0 Å². The number of aryl methyl sites for hydroxylation is 1. The molecule has 0 spiro atoms. The summed E-state index contributed by atoms with van der Waals surface area (Å²) < 4.78 is 28.1. The van der Waals surface area contributed by atoms with Gasteiger partial charge in [-0.3, -0.25) is 4.68 Å². The monoisotopic (exact) mass is 272 g/mol. The van der Waals surface area contributed by atoms with E-state index >= 15 is 0 Å². The Morgan fingerprint density at radius 2 is 2.00 bits per heavy atom. The molecule has 1 aromatic carbocycles. The number of carbonyl (C=O) groups is 1. The van der Waals surface area contributed by atoms with E-state index in [-0.39, 0.29) is 17.0 Å². The molecular formula is C11H7ClF2N2O2. The number of benzene rings is 1. The molecule has 0 radical (unpaired) electrons. The van der Waals surface area contributed by atoms with E-state index in [9.17, 15) is 13.6 Å². The van der Waals surface area contributed by atoms with Crippen LogP contribution < -0.4 is 0 Å². The van der Waals surface area contributed by atoms with Gasteiger partial charge in [0, 0.05) is 7.05 Å². The fourth-order valence-electron chi connectivity index (χ4n) is 1.57. The topological polar surface area (TPSA) is 55.1 Å². The van der Waals surface area contributed by atoms with Crippen LogP contribution in [0.4, 0.5) is 8.78 Å². The Bertz CT molecular complexity index is 640. The average molecular weight is 273 g/mol. The summed E-state index contributed by atoms with van der Waals surface area (Å²) in [6, 6.07) is 2.95. The number of hydrogen-bond donors (Lipinski definition) is 1. The van der Waals surface area contributed by atoms with Crippen molar-refractivity contribution in [2.75, 3.05) is 0 Å². The molecule has 0 saturated carbocycles. The predicted octanol–water partition coefficient (Wildman–Crippen LogP) is 2.72. The Kier molecular flexibility index (Phi) is 3.04. The van der Waals surface area contributed by atoms with Crippen LogP contribution in [0.15, 0.2) is 18.2 Å². The zero-order valence-electron chi connectivity index (χ0n) is 9.12. The normalized spacial score (nSPS) is 10.7. The number of aromatic nitrogens is 2. The molecule has 0 aliphatic rings. The van der Waals surface area contributed by atoms with Gasteiger partial charge in [0.2, 0.25) is 0 Å². The number of nitrogens with zero attached hydrogens (tertiary/aromatic N) is 2. The van der Waals surface area contributed by atoms with Gasteiger partial charge in [-0.15, -0.1) is 0 Å². The van der Waals surface area contributed by atoms with Crippen molar-refractivity contribution in [2.45, 2.75) is 0 Å². The standard InChI is InChI=1S/C11H7ClF2N2O2/c1-16-8(4-7(15-16)11(17)18)9-5(13)2-3-6(14)10(9)12/h2-4H,1H3,(H,17,18). The predicted molar refractivity (Wildman–Crippen MR) is 60.5 cm³/mol. The molecule has 0 amide bonds. The molecule has 1 heterocycles. The first kappa shape index (κ1) is 12.5. The van der Waals surface area contributed by atoms with E-state index in [0.29, 0.717) is 0 Å². The zero-order valence-corrected chi connectivity index (χ0v) is 9.87. The summed E-state index contributed by atoms with van der Waals surface area (Å²) in [5.74, 6) is -2.79. The van der Waals surface area contributed by atoms with Crippen molar-refractivity contribution in [3.63, 3.8) is 0 Å². The number of hydrogen-bond acceptors (Lipinski definition) is 2. The third kappa shape index (κ3) is 1.95. The first-order valence-corrected chi connectivity index (χ1v) is 5.21. The van der Waals surface area contributed by atoms with Gasteiger partial charge in [0.05, 0.1) is 16.3 Å². The lowest BCUT2D eigenvalue weighted by Gasteiger charge is -2.06. The van der Waals surface area contributed by atoms with Crippen LogP contribution in [0, 0.1) is 11.6 Å². The van der Waals surface area contributed by atoms with E-state index in [0.717, 1.165) is 22.9 Å². The van der Waals surface area contributed by atoms with Gasteiger partial charge in [-0.05, 0) is 18.2 Å². The maximum atomic E-state index is 13.7. The van der Waals surface area contributed by atoms with Gasteiger partial charge in [-0.25, -0.2) is 13.6 Å². The molecule has 0 saturated heterocycles. The van der Waals surface area contributed by atoms with Crippen molar-refractivity contribution in [2.24, 2.45) is 7.05 Å². The molecule has 0 bridgehead atoms. The van der Waals surface area contributed by atoms with Crippen LogP contribution >= 0.6 is 11.6 Å². The van der Waals surface area contributed by atoms with Gasteiger partial charge < -0.3 is 5.11 Å². The molecule has 0 aliphatic heterocycles. The summed E-state index contributed by atoms with van der Waals surface area (Å²) in [6.45, 7) is 0. The Hall–Kier alpha value is -1.95. The summed E-state index contributed by atoms with van der Waals surface area (Å²) in [6.07, 6.45) is 0. The lowest BCUT2D eigenvalue weighted by molar-refractivity contribution is 0.0689. The molecule has 2 aromatic rings. The zero-order chi connectivity index (χ0) is 13.4. The highest BCUT2D eigenvalue weighted by Gasteiger charge is 2.20. The summed E-state index contributed by atoms with van der Waals surface area (Å²) in [4.78, 5) is 10.8. The van der Waals surface area contributed by atoms with Crippen LogP contribution in [0.3, 0.4) is 0 Å². The Balaban J connectivity index is 2.69. The fraction of sp³-hybridized carbons (Fsp3) is 0.0909. The van der Waals surface area contributed by atoms with Crippen LogP contribution in [-0.4, -0.2) is 20.9 Å². The van der Waals surface area contributed by atoms with Crippen LogP contribution in [0.25, 0.3) is 11.3 Å². The number of aromatic carboxylic acids is 1. The average Bonchev–Trinajstić information content (AvgIpc) is 2.67. The second-order valence-corrected chi connectivity index (χ2v) is 3.94. The summed E-state index contributed by atoms with van der Waals surface area (Å²) in [5.41, 5.74) is -0.388. The van der Waals surface area contributed by atoms with E-state index < -0.39 is 22.6 Å². The van der Waals surface area contributed by atoms with Crippen LogP contribution in [0.5, 0.6) is 0 Å². The molecule has 7 heteroatoms. The summed E-state index contributed by atoms with van der Waals surface area (Å²) >= 11 is 5.69. The maximum absolute atomic E-state index is 13.7. The van der Waals surface area contributed by atoms with Crippen LogP contribution in [0.1, 0.15) is 10.5 Å². The van der Waals surface area contributed by atoms with E-state index in [1.807, 2.05) is 0 Å². The summed E-state index contributed by atoms with van der Waals surface area (Å²) in [5, 5.41) is 12.0. The van der Waals surface area contributed by atoms with Gasteiger partial charge in [-0.1, -0.05) is 11.6 Å². The molecule has 4 nitrogen and oxygen atoms in total. The van der Waals surface area contributed by atoms with Gasteiger partial charge in [-0.2, -0.15) is 5.10 Å². The SMILES string of the molecule is Cn1nc(C(=O)O)cc1-c1c(F)ccc(F)c1Cl. The Morgan fingerprint density at radius 3 is 2.56 bits per heavy atom. The molecule has 0 aliphatic carbocycles. The molecule has 1 N–H and O–H groups in total. The first-order valence-electron chi connectivity index (χ1n) is 4.83. The molecule has 0 fully saturated rings. The molecular weight excluding hydrogens is 266 g/mol. The van der Waals surface area contributed by atoms with Crippen LogP contribution in [0.2, 0.25) is 5.02 Å². The largest absolute Gasteiger partial charge is 0.476 e. The smallest absolute Gasteiger partial charge is 0.356 e. The number of carboxylic acid groups (broad SMARTS) is 1. The van der Waals surface area contributed by atoms with Gasteiger partial charge >= 0.3 is 5.97 Å². The van der Waals surface area contributed by atoms with E-state index in [1.54, 1.807) is 0 Å². The third-order valence-corrected chi connectivity index (χ3v) is 2.77. The molecule has 94 valence electrons.